The molecule has 0 saturated carbocycles. The Morgan fingerprint density at radius 2 is 1.84 bits per heavy atom. The second-order valence-electron chi connectivity index (χ2n) is 5.48. The largest absolute Gasteiger partial charge is 0.497 e. The molecule has 128 valence electrons. The number of hydrogen-bond acceptors (Lipinski definition) is 5. The van der Waals surface area contributed by atoms with Crippen LogP contribution in [0.15, 0.2) is 59.6 Å². The van der Waals surface area contributed by atoms with Crippen molar-refractivity contribution in [3.8, 4) is 11.6 Å². The molecule has 2 aromatic carbocycles. The van der Waals surface area contributed by atoms with E-state index in [1.165, 1.54) is 18.3 Å². The van der Waals surface area contributed by atoms with Crippen LogP contribution in [0.5, 0.6) is 11.6 Å². The van der Waals surface area contributed by atoms with Gasteiger partial charge in [-0.05, 0) is 29.8 Å². The maximum Gasteiger partial charge on any atom is 0.215 e. The van der Waals surface area contributed by atoms with Crippen molar-refractivity contribution in [1.82, 2.24) is 4.57 Å². The van der Waals surface area contributed by atoms with Crippen LogP contribution in [0.1, 0.15) is 22.2 Å². The number of methoxy groups -OCH3 is 1. The Balaban J connectivity index is 2.08. The third-order valence-corrected chi connectivity index (χ3v) is 4.85. The Morgan fingerprint density at radius 3 is 2.44 bits per heavy atom. The molecule has 1 heterocycles. The molecule has 0 bridgehead atoms. The van der Waals surface area contributed by atoms with Gasteiger partial charge in [0.25, 0.3) is 0 Å². The standard InChI is InChI=1S/C19H18N2O3S/c1-13(22)17-18(23)21(12-14-6-4-3-5-7-14)19(25-17)20-15-8-10-16(24-2)11-9-15/h3-11,23H,12H2,1-2H3. The van der Waals surface area contributed by atoms with Crippen LogP contribution in [-0.4, -0.2) is 22.6 Å². The summed E-state index contributed by atoms with van der Waals surface area (Å²) in [5, 5.41) is 10.5. The van der Waals surface area contributed by atoms with Crippen molar-refractivity contribution in [3.05, 3.63) is 69.8 Å². The summed E-state index contributed by atoms with van der Waals surface area (Å²) in [6.07, 6.45) is 0. The Labute approximate surface area is 149 Å². The van der Waals surface area contributed by atoms with Gasteiger partial charge >= 0.3 is 0 Å². The lowest BCUT2D eigenvalue weighted by Crippen LogP contribution is -2.14. The minimum absolute atomic E-state index is 0.0476. The van der Waals surface area contributed by atoms with Crippen LogP contribution in [0.3, 0.4) is 0 Å². The van der Waals surface area contributed by atoms with Gasteiger partial charge in [0, 0.05) is 6.92 Å². The number of carbonyl (C=O) groups excluding carboxylic acids is 1. The van der Waals surface area contributed by atoms with Crippen LogP contribution in [0.2, 0.25) is 0 Å². The SMILES string of the molecule is COc1ccc(N=c2sc(C(C)=O)c(O)n2Cc2ccccc2)cc1. The first kappa shape index (κ1) is 17.0. The van der Waals surface area contributed by atoms with Crippen LogP contribution < -0.4 is 9.54 Å². The Hall–Kier alpha value is -2.86. The molecule has 0 spiro atoms. The second kappa shape index (κ2) is 7.36. The number of rotatable bonds is 5. The highest BCUT2D eigenvalue weighted by Gasteiger charge is 2.16. The number of aromatic nitrogens is 1. The molecule has 3 rings (SSSR count). The quantitative estimate of drug-likeness (QED) is 0.710. The number of carbonyl (C=O) groups is 1. The molecular weight excluding hydrogens is 336 g/mol. The van der Waals surface area contributed by atoms with Crippen LogP contribution >= 0.6 is 11.3 Å². The van der Waals surface area contributed by atoms with Crippen LogP contribution in [0.4, 0.5) is 5.69 Å². The fourth-order valence-corrected chi connectivity index (χ4v) is 3.33. The van der Waals surface area contributed by atoms with E-state index in [0.29, 0.717) is 16.2 Å². The first-order chi connectivity index (χ1) is 12.1. The average molecular weight is 354 g/mol. The van der Waals surface area contributed by atoms with Crippen molar-refractivity contribution in [2.45, 2.75) is 13.5 Å². The van der Waals surface area contributed by atoms with Gasteiger partial charge < -0.3 is 9.84 Å². The van der Waals surface area contributed by atoms with E-state index < -0.39 is 0 Å². The number of aromatic hydroxyl groups is 1. The number of hydrogen-bond donors (Lipinski definition) is 1. The molecule has 6 heteroatoms. The normalized spacial score (nSPS) is 11.5. The maximum atomic E-state index is 11.8. The average Bonchev–Trinajstić information content (AvgIpc) is 2.93. The van der Waals surface area contributed by atoms with E-state index >= 15 is 0 Å². The molecule has 1 N–H and O–H groups in total. The maximum absolute atomic E-state index is 11.8. The number of ether oxygens (including phenoxy) is 1. The summed E-state index contributed by atoms with van der Waals surface area (Å²) >= 11 is 1.18. The van der Waals surface area contributed by atoms with Gasteiger partial charge in [0.1, 0.15) is 10.6 Å². The Kier molecular flexibility index (Phi) is 5.00. The van der Waals surface area contributed by atoms with Crippen LogP contribution in [-0.2, 0) is 6.54 Å². The zero-order valence-electron chi connectivity index (χ0n) is 14.0. The van der Waals surface area contributed by atoms with Gasteiger partial charge in [-0.15, -0.1) is 0 Å². The van der Waals surface area contributed by atoms with Gasteiger partial charge in [-0.25, -0.2) is 4.99 Å². The van der Waals surface area contributed by atoms with Crippen molar-refractivity contribution in [2.75, 3.05) is 7.11 Å². The number of Topliss-reactive ketones (excluding diaryl/α,β-unsaturated/α-hetero) is 1. The molecule has 1 aromatic heterocycles. The molecule has 0 amide bonds. The Morgan fingerprint density at radius 1 is 1.16 bits per heavy atom. The summed E-state index contributed by atoms with van der Waals surface area (Å²) in [4.78, 5) is 17.3. The van der Waals surface area contributed by atoms with E-state index in [4.69, 9.17) is 4.74 Å². The van der Waals surface area contributed by atoms with Crippen molar-refractivity contribution < 1.29 is 14.6 Å². The fourth-order valence-electron chi connectivity index (χ4n) is 2.39. The van der Waals surface area contributed by atoms with Crippen molar-refractivity contribution >= 4 is 22.8 Å². The van der Waals surface area contributed by atoms with Crippen molar-refractivity contribution in [1.29, 1.82) is 0 Å². The number of benzene rings is 2. The lowest BCUT2D eigenvalue weighted by atomic mass is 10.2. The summed E-state index contributed by atoms with van der Waals surface area (Å²) in [5.74, 6) is 0.517. The minimum atomic E-state index is -0.180. The molecule has 5 nitrogen and oxygen atoms in total. The molecule has 0 fully saturated rings. The molecule has 0 atom stereocenters. The lowest BCUT2D eigenvalue weighted by molar-refractivity contribution is 0.101. The summed E-state index contributed by atoms with van der Waals surface area (Å²) in [7, 11) is 1.61. The molecule has 0 aliphatic rings. The molecule has 25 heavy (non-hydrogen) atoms. The zero-order valence-corrected chi connectivity index (χ0v) is 14.8. The molecule has 0 aliphatic carbocycles. The van der Waals surface area contributed by atoms with Crippen LogP contribution in [0, 0.1) is 0 Å². The molecule has 0 radical (unpaired) electrons. The van der Waals surface area contributed by atoms with Crippen molar-refractivity contribution in [3.63, 3.8) is 0 Å². The van der Waals surface area contributed by atoms with Gasteiger partial charge in [-0.1, -0.05) is 41.7 Å². The van der Waals surface area contributed by atoms with E-state index in [0.717, 1.165) is 17.0 Å². The summed E-state index contributed by atoms with van der Waals surface area (Å²) in [6, 6.07) is 17.0. The summed E-state index contributed by atoms with van der Waals surface area (Å²) in [5.41, 5.74) is 1.74. The molecule has 0 saturated heterocycles. The van der Waals surface area contributed by atoms with Crippen molar-refractivity contribution in [2.24, 2.45) is 4.99 Å². The number of ketones is 1. The van der Waals surface area contributed by atoms with E-state index in [2.05, 4.69) is 4.99 Å². The summed E-state index contributed by atoms with van der Waals surface area (Å²) < 4.78 is 6.80. The van der Waals surface area contributed by atoms with E-state index in [1.807, 2.05) is 54.6 Å². The smallest absolute Gasteiger partial charge is 0.215 e. The minimum Gasteiger partial charge on any atom is -0.497 e. The third kappa shape index (κ3) is 3.80. The van der Waals surface area contributed by atoms with Gasteiger partial charge in [-0.2, -0.15) is 0 Å². The lowest BCUT2D eigenvalue weighted by Gasteiger charge is -2.05. The molecule has 0 aliphatic heterocycles. The fraction of sp³-hybridized carbons (Fsp3) is 0.158. The molecular formula is C19H18N2O3S. The Bertz CT molecular complexity index is 941. The third-order valence-electron chi connectivity index (χ3n) is 3.68. The zero-order chi connectivity index (χ0) is 17.8. The van der Waals surface area contributed by atoms with E-state index in [1.54, 1.807) is 11.7 Å². The highest BCUT2D eigenvalue weighted by molar-refractivity contribution is 7.11. The highest BCUT2D eigenvalue weighted by Crippen LogP contribution is 2.23. The molecule has 3 aromatic rings. The van der Waals surface area contributed by atoms with Crippen LogP contribution in [0.25, 0.3) is 0 Å². The monoisotopic (exact) mass is 354 g/mol. The first-order valence-corrected chi connectivity index (χ1v) is 8.56. The van der Waals surface area contributed by atoms with Gasteiger partial charge in [-0.3, -0.25) is 9.36 Å². The topological polar surface area (TPSA) is 63.8 Å². The highest BCUT2D eigenvalue weighted by atomic mass is 32.1. The molecule has 0 unspecified atom stereocenters. The van der Waals surface area contributed by atoms with E-state index in [-0.39, 0.29) is 11.7 Å². The summed E-state index contributed by atoms with van der Waals surface area (Å²) in [6.45, 7) is 1.88. The van der Waals surface area contributed by atoms with Gasteiger partial charge in [0.15, 0.2) is 10.6 Å². The predicted molar refractivity (Wildman–Crippen MR) is 97.7 cm³/mol. The number of nitrogens with zero attached hydrogens (tertiary/aromatic N) is 2. The van der Waals surface area contributed by atoms with Gasteiger partial charge in [0.05, 0.1) is 19.3 Å². The predicted octanol–water partition coefficient (Wildman–Crippen LogP) is 3.75. The van der Waals surface area contributed by atoms with Gasteiger partial charge in [0.2, 0.25) is 5.88 Å². The number of thiazole rings is 1. The second-order valence-corrected chi connectivity index (χ2v) is 6.45. The first-order valence-electron chi connectivity index (χ1n) is 7.74. The van der Waals surface area contributed by atoms with E-state index in [9.17, 15) is 9.90 Å².